The second-order valence-corrected chi connectivity index (χ2v) is 10.7. The molecule has 1 amide bonds. The van der Waals surface area contributed by atoms with Crippen molar-refractivity contribution < 1.29 is 13.2 Å². The molecule has 1 aliphatic rings. The molecule has 0 radical (unpaired) electrons. The van der Waals surface area contributed by atoms with Gasteiger partial charge in [0, 0.05) is 16.5 Å². The molecule has 0 spiro atoms. The summed E-state index contributed by atoms with van der Waals surface area (Å²) in [6.07, 6.45) is 3.12. The van der Waals surface area contributed by atoms with E-state index in [4.69, 9.17) is 0 Å². The van der Waals surface area contributed by atoms with E-state index < -0.39 is 15.4 Å². The molecule has 0 saturated heterocycles. The van der Waals surface area contributed by atoms with Gasteiger partial charge in [-0.3, -0.25) is 4.79 Å². The molecule has 2 aromatic heterocycles. The number of hydrogen-bond donors (Lipinski definition) is 1. The first-order valence-electron chi connectivity index (χ1n) is 9.00. The molecular formula is C20H21N3O3S2. The monoisotopic (exact) mass is 415 g/mol. The molecule has 0 unspecified atom stereocenters. The van der Waals surface area contributed by atoms with E-state index in [2.05, 4.69) is 10.3 Å². The second-order valence-electron chi connectivity index (χ2n) is 7.80. The van der Waals surface area contributed by atoms with E-state index in [1.54, 1.807) is 36.5 Å². The Morgan fingerprint density at radius 1 is 1.14 bits per heavy atom. The number of carbonyl (C=O) groups is 1. The topological polar surface area (TPSA) is 81.1 Å². The fourth-order valence-electron chi connectivity index (χ4n) is 3.11. The number of benzene rings is 1. The zero-order chi connectivity index (χ0) is 20.1. The average molecular weight is 416 g/mol. The lowest BCUT2D eigenvalue weighted by atomic mass is 9.96. The first-order chi connectivity index (χ1) is 13.2. The van der Waals surface area contributed by atoms with Gasteiger partial charge >= 0.3 is 0 Å². The van der Waals surface area contributed by atoms with Crippen LogP contribution in [0.4, 0.5) is 5.13 Å². The lowest BCUT2D eigenvalue weighted by molar-refractivity contribution is -0.123. The van der Waals surface area contributed by atoms with Crippen LogP contribution in [0.2, 0.25) is 0 Å². The fourth-order valence-corrected chi connectivity index (χ4v) is 5.46. The molecule has 1 aliphatic carbocycles. The third-order valence-corrected chi connectivity index (χ3v) is 7.40. The number of thiazole rings is 1. The summed E-state index contributed by atoms with van der Waals surface area (Å²) in [5.74, 6) is -0.119. The van der Waals surface area contributed by atoms with Crippen LogP contribution in [-0.2, 0) is 27.7 Å². The van der Waals surface area contributed by atoms with Crippen molar-refractivity contribution in [3.63, 3.8) is 0 Å². The summed E-state index contributed by atoms with van der Waals surface area (Å²) in [6.45, 7) is 5.52. The molecule has 28 heavy (non-hydrogen) atoms. The van der Waals surface area contributed by atoms with Crippen molar-refractivity contribution in [2.45, 2.75) is 38.5 Å². The van der Waals surface area contributed by atoms with Gasteiger partial charge in [0.15, 0.2) is 5.13 Å². The van der Waals surface area contributed by atoms with Crippen LogP contribution in [0.15, 0.2) is 47.5 Å². The summed E-state index contributed by atoms with van der Waals surface area (Å²) in [5, 5.41) is 3.36. The van der Waals surface area contributed by atoms with Crippen molar-refractivity contribution in [1.82, 2.24) is 8.96 Å². The SMILES string of the molecule is CC(C)(C)C(=O)Nc1nc2c(s1)CCc1ccn(S(=O)(=O)c3ccccc3)c1-2. The minimum Gasteiger partial charge on any atom is -0.301 e. The van der Waals surface area contributed by atoms with E-state index in [1.807, 2.05) is 26.8 Å². The predicted molar refractivity (Wildman–Crippen MR) is 110 cm³/mol. The summed E-state index contributed by atoms with van der Waals surface area (Å²) < 4.78 is 27.6. The summed E-state index contributed by atoms with van der Waals surface area (Å²) in [4.78, 5) is 18.1. The lowest BCUT2D eigenvalue weighted by Gasteiger charge is -2.16. The standard InChI is InChI=1S/C20H21N3O3S2/c1-20(2,3)18(24)22-19-21-16-15(27-19)10-9-13-11-12-23(17(13)16)28(25,26)14-7-5-4-6-8-14/h4-8,11-12H,9-10H2,1-3H3,(H,21,22,24). The molecule has 146 valence electrons. The van der Waals surface area contributed by atoms with Crippen molar-refractivity contribution in [3.8, 4) is 11.4 Å². The highest BCUT2D eigenvalue weighted by Gasteiger charge is 2.30. The van der Waals surface area contributed by atoms with Gasteiger partial charge in [-0.25, -0.2) is 17.4 Å². The van der Waals surface area contributed by atoms with Crippen LogP contribution in [-0.4, -0.2) is 23.3 Å². The summed E-state index contributed by atoms with van der Waals surface area (Å²) >= 11 is 1.41. The molecule has 6 nitrogen and oxygen atoms in total. The van der Waals surface area contributed by atoms with Gasteiger partial charge in [-0.05, 0) is 36.6 Å². The van der Waals surface area contributed by atoms with Crippen LogP contribution in [0, 0.1) is 5.41 Å². The molecule has 1 aromatic carbocycles. The highest BCUT2D eigenvalue weighted by molar-refractivity contribution is 7.90. The number of aryl methyl sites for hydroxylation is 2. The summed E-state index contributed by atoms with van der Waals surface area (Å²) in [7, 11) is -3.72. The van der Waals surface area contributed by atoms with Crippen molar-refractivity contribution in [1.29, 1.82) is 0 Å². The number of nitrogens with one attached hydrogen (secondary N) is 1. The van der Waals surface area contributed by atoms with E-state index in [9.17, 15) is 13.2 Å². The van der Waals surface area contributed by atoms with Crippen LogP contribution >= 0.6 is 11.3 Å². The minimum atomic E-state index is -3.72. The Labute approximate surface area is 168 Å². The van der Waals surface area contributed by atoms with E-state index in [0.29, 0.717) is 16.5 Å². The molecular weight excluding hydrogens is 394 g/mol. The minimum absolute atomic E-state index is 0.119. The van der Waals surface area contributed by atoms with Crippen LogP contribution in [0.1, 0.15) is 31.2 Å². The Bertz CT molecular complexity index is 1150. The van der Waals surface area contributed by atoms with Gasteiger partial charge in [-0.15, -0.1) is 11.3 Å². The Hall–Kier alpha value is -2.45. The normalized spacial score (nSPS) is 13.7. The van der Waals surface area contributed by atoms with Crippen molar-refractivity contribution >= 4 is 32.4 Å². The molecule has 0 atom stereocenters. The maximum atomic E-state index is 13.2. The van der Waals surface area contributed by atoms with E-state index in [1.165, 1.54) is 15.3 Å². The molecule has 0 saturated carbocycles. The smallest absolute Gasteiger partial charge is 0.268 e. The first-order valence-corrected chi connectivity index (χ1v) is 11.3. The zero-order valence-electron chi connectivity index (χ0n) is 15.9. The predicted octanol–water partition coefficient (Wildman–Crippen LogP) is 3.93. The van der Waals surface area contributed by atoms with Gasteiger partial charge in [0.25, 0.3) is 10.0 Å². The van der Waals surface area contributed by atoms with Gasteiger partial charge < -0.3 is 5.32 Å². The second kappa shape index (κ2) is 6.56. The molecule has 4 rings (SSSR count). The number of fused-ring (bicyclic) bond motifs is 3. The molecule has 2 heterocycles. The maximum Gasteiger partial charge on any atom is 0.268 e. The number of amides is 1. The lowest BCUT2D eigenvalue weighted by Crippen LogP contribution is -2.27. The van der Waals surface area contributed by atoms with E-state index in [-0.39, 0.29) is 10.8 Å². The molecule has 8 heteroatoms. The van der Waals surface area contributed by atoms with Crippen LogP contribution in [0.5, 0.6) is 0 Å². The Morgan fingerprint density at radius 2 is 1.86 bits per heavy atom. The fraction of sp³-hybridized carbons (Fsp3) is 0.300. The van der Waals surface area contributed by atoms with Gasteiger partial charge in [-0.2, -0.15) is 0 Å². The first kappa shape index (κ1) is 18.9. The number of aromatic nitrogens is 2. The summed E-state index contributed by atoms with van der Waals surface area (Å²) in [6, 6.07) is 10.2. The molecule has 0 bridgehead atoms. The van der Waals surface area contributed by atoms with Gasteiger partial charge in [-0.1, -0.05) is 39.0 Å². The third kappa shape index (κ3) is 3.16. The third-order valence-electron chi connectivity index (χ3n) is 4.68. The van der Waals surface area contributed by atoms with Crippen molar-refractivity contribution in [2.75, 3.05) is 5.32 Å². The van der Waals surface area contributed by atoms with Gasteiger partial charge in [0.1, 0.15) is 5.69 Å². The highest BCUT2D eigenvalue weighted by atomic mass is 32.2. The largest absolute Gasteiger partial charge is 0.301 e. The molecule has 3 aromatic rings. The van der Waals surface area contributed by atoms with Gasteiger partial charge in [0.05, 0.1) is 10.6 Å². The van der Waals surface area contributed by atoms with Crippen LogP contribution in [0.25, 0.3) is 11.4 Å². The van der Waals surface area contributed by atoms with Gasteiger partial charge in [0.2, 0.25) is 5.91 Å². The quantitative estimate of drug-likeness (QED) is 0.703. The van der Waals surface area contributed by atoms with E-state index in [0.717, 1.165) is 23.3 Å². The highest BCUT2D eigenvalue weighted by Crippen LogP contribution is 2.40. The average Bonchev–Trinajstić information content (AvgIpc) is 3.24. The number of anilines is 1. The summed E-state index contributed by atoms with van der Waals surface area (Å²) in [5.41, 5.74) is 1.65. The van der Waals surface area contributed by atoms with Crippen molar-refractivity contribution in [3.05, 3.63) is 53.0 Å². The number of nitrogens with zero attached hydrogens (tertiary/aromatic N) is 2. The molecule has 0 fully saturated rings. The van der Waals surface area contributed by atoms with Crippen molar-refractivity contribution in [2.24, 2.45) is 5.41 Å². The van der Waals surface area contributed by atoms with Crippen LogP contribution < -0.4 is 5.32 Å². The number of hydrogen-bond acceptors (Lipinski definition) is 5. The Kier molecular flexibility index (Phi) is 4.43. The Balaban J connectivity index is 1.78. The van der Waals surface area contributed by atoms with Crippen LogP contribution in [0.3, 0.4) is 0 Å². The Morgan fingerprint density at radius 3 is 2.54 bits per heavy atom. The van der Waals surface area contributed by atoms with E-state index >= 15 is 0 Å². The zero-order valence-corrected chi connectivity index (χ0v) is 17.5. The maximum absolute atomic E-state index is 13.2. The number of rotatable bonds is 3. The number of carbonyl (C=O) groups excluding carboxylic acids is 1. The molecule has 1 N–H and O–H groups in total. The molecule has 0 aliphatic heterocycles.